The Morgan fingerprint density at radius 2 is 1.54 bits per heavy atom. The molecule has 3 aromatic rings. The van der Waals surface area contributed by atoms with E-state index in [1.807, 2.05) is 62.4 Å². The largest absolute Gasteiger partial charge is 0.490 e. The summed E-state index contributed by atoms with van der Waals surface area (Å²) in [6.07, 6.45) is -0.0270. The number of halogens is 1. The van der Waals surface area contributed by atoms with Crippen LogP contribution >= 0.6 is 15.9 Å². The van der Waals surface area contributed by atoms with E-state index in [0.717, 1.165) is 15.6 Å². The van der Waals surface area contributed by atoms with E-state index >= 15 is 0 Å². The summed E-state index contributed by atoms with van der Waals surface area (Å²) in [6, 6.07) is 22.8. The van der Waals surface area contributed by atoms with Crippen molar-refractivity contribution < 1.29 is 14.3 Å². The molecule has 0 spiro atoms. The van der Waals surface area contributed by atoms with Crippen LogP contribution in [0.4, 0.5) is 0 Å². The van der Waals surface area contributed by atoms with Crippen molar-refractivity contribution >= 4 is 21.9 Å². The topological polar surface area (TPSA) is 35.5 Å². The van der Waals surface area contributed by atoms with Gasteiger partial charge in [-0.2, -0.15) is 0 Å². The van der Waals surface area contributed by atoms with Gasteiger partial charge in [0.05, 0.1) is 10.6 Å². The zero-order valence-electron chi connectivity index (χ0n) is 14.6. The molecular weight excluding hydrogens is 392 g/mol. The van der Waals surface area contributed by atoms with Gasteiger partial charge in [-0.15, -0.1) is 0 Å². The first-order chi connectivity index (χ1) is 12.5. The van der Waals surface area contributed by atoms with Crippen molar-refractivity contribution in [3.8, 4) is 22.6 Å². The maximum atomic E-state index is 12.6. The van der Waals surface area contributed by atoms with Crippen LogP contribution < -0.4 is 9.47 Å². The molecule has 0 unspecified atom stereocenters. The van der Waals surface area contributed by atoms with Crippen LogP contribution in [-0.4, -0.2) is 12.1 Å². The number of carbonyl (C=O) groups excluding carboxylic acids is 1. The Labute approximate surface area is 161 Å². The highest BCUT2D eigenvalue weighted by Crippen LogP contribution is 2.32. The molecule has 3 nitrogen and oxygen atoms in total. The number of carbonyl (C=O) groups is 1. The highest BCUT2D eigenvalue weighted by atomic mass is 79.9. The van der Waals surface area contributed by atoms with E-state index < -0.39 is 5.97 Å². The van der Waals surface area contributed by atoms with Crippen molar-refractivity contribution in [2.24, 2.45) is 0 Å². The molecule has 0 bridgehead atoms. The molecule has 0 heterocycles. The van der Waals surface area contributed by atoms with E-state index in [1.165, 1.54) is 0 Å². The van der Waals surface area contributed by atoms with Gasteiger partial charge in [-0.05, 0) is 65.2 Å². The number of benzene rings is 3. The van der Waals surface area contributed by atoms with Gasteiger partial charge in [0.2, 0.25) is 0 Å². The molecule has 132 valence electrons. The van der Waals surface area contributed by atoms with E-state index in [2.05, 4.69) is 15.9 Å². The number of para-hydroxylation sites is 1. The summed E-state index contributed by atoms with van der Waals surface area (Å²) in [5.74, 6) is 0.535. The van der Waals surface area contributed by atoms with Crippen molar-refractivity contribution in [1.82, 2.24) is 0 Å². The maximum Gasteiger partial charge on any atom is 0.347 e. The predicted octanol–water partition coefficient (Wildman–Crippen LogP) is 6.12. The third-order valence-electron chi connectivity index (χ3n) is 3.71. The number of rotatable bonds is 5. The van der Waals surface area contributed by atoms with Crippen LogP contribution in [0.5, 0.6) is 11.5 Å². The predicted molar refractivity (Wildman–Crippen MR) is 107 cm³/mol. The summed E-state index contributed by atoms with van der Waals surface area (Å²) >= 11 is 3.50. The van der Waals surface area contributed by atoms with Gasteiger partial charge < -0.3 is 9.47 Å². The fraction of sp³-hybridized carbons (Fsp3) is 0.136. The molecule has 0 saturated heterocycles. The lowest BCUT2D eigenvalue weighted by Crippen LogP contribution is -2.14. The second-order valence-corrected chi connectivity index (χ2v) is 6.92. The lowest BCUT2D eigenvalue weighted by atomic mass is 10.1. The van der Waals surface area contributed by atoms with Gasteiger partial charge >= 0.3 is 5.97 Å². The summed E-state index contributed by atoms with van der Waals surface area (Å²) < 4.78 is 12.0. The zero-order chi connectivity index (χ0) is 18.5. The zero-order valence-corrected chi connectivity index (χ0v) is 16.2. The summed E-state index contributed by atoms with van der Waals surface area (Å²) in [6.45, 7) is 3.84. The average molecular weight is 411 g/mol. The molecule has 0 aliphatic carbocycles. The van der Waals surface area contributed by atoms with Crippen LogP contribution in [0.1, 0.15) is 24.2 Å². The molecule has 0 amide bonds. The fourth-order valence-corrected chi connectivity index (χ4v) is 3.00. The first-order valence-electron chi connectivity index (χ1n) is 8.37. The number of hydrogen-bond acceptors (Lipinski definition) is 3. The van der Waals surface area contributed by atoms with E-state index in [9.17, 15) is 4.79 Å². The van der Waals surface area contributed by atoms with E-state index in [4.69, 9.17) is 9.47 Å². The Morgan fingerprint density at radius 3 is 2.23 bits per heavy atom. The molecule has 0 saturated carbocycles. The van der Waals surface area contributed by atoms with E-state index in [-0.39, 0.29) is 6.10 Å². The van der Waals surface area contributed by atoms with Crippen molar-refractivity contribution in [2.75, 3.05) is 0 Å². The van der Waals surface area contributed by atoms with Gasteiger partial charge in [-0.3, -0.25) is 0 Å². The average Bonchev–Trinajstić information content (AvgIpc) is 2.64. The van der Waals surface area contributed by atoms with Gasteiger partial charge in [-0.1, -0.05) is 48.5 Å². The maximum absolute atomic E-state index is 12.6. The van der Waals surface area contributed by atoms with Crippen molar-refractivity contribution in [3.63, 3.8) is 0 Å². The number of ether oxygens (including phenoxy) is 2. The Hall–Kier alpha value is -2.59. The molecule has 0 aliphatic rings. The molecule has 0 aromatic heterocycles. The highest BCUT2D eigenvalue weighted by molar-refractivity contribution is 9.10. The number of esters is 1. The quantitative estimate of drug-likeness (QED) is 0.375. The normalized spacial score (nSPS) is 10.6. The SMILES string of the molecule is CC(C)Oc1ccccc1C(=O)Oc1ccc(-c2ccccc2)cc1Br. The molecule has 0 aliphatic heterocycles. The standard InChI is InChI=1S/C22H19BrO3/c1-15(2)25-20-11-7-6-10-18(20)22(24)26-21-13-12-17(14-19(21)23)16-8-4-3-5-9-16/h3-15H,1-2H3. The van der Waals surface area contributed by atoms with E-state index in [0.29, 0.717) is 17.1 Å². The van der Waals surface area contributed by atoms with Gasteiger partial charge in [0.1, 0.15) is 17.1 Å². The summed E-state index contributed by atoms with van der Waals surface area (Å²) in [7, 11) is 0. The number of hydrogen-bond donors (Lipinski definition) is 0. The molecule has 26 heavy (non-hydrogen) atoms. The van der Waals surface area contributed by atoms with Crippen molar-refractivity contribution in [1.29, 1.82) is 0 Å². The van der Waals surface area contributed by atoms with Crippen molar-refractivity contribution in [3.05, 3.63) is 82.8 Å². The Morgan fingerprint density at radius 1 is 0.846 bits per heavy atom. The van der Waals surface area contributed by atoms with Crippen LogP contribution in [0, 0.1) is 0 Å². The smallest absolute Gasteiger partial charge is 0.347 e. The van der Waals surface area contributed by atoms with Gasteiger partial charge in [0.25, 0.3) is 0 Å². The Balaban J connectivity index is 1.82. The molecule has 0 radical (unpaired) electrons. The molecule has 0 fully saturated rings. The minimum Gasteiger partial charge on any atom is -0.490 e. The Kier molecular flexibility index (Phi) is 5.74. The van der Waals surface area contributed by atoms with Crippen LogP contribution in [0.25, 0.3) is 11.1 Å². The second kappa shape index (κ2) is 8.19. The molecule has 0 atom stereocenters. The highest BCUT2D eigenvalue weighted by Gasteiger charge is 2.17. The van der Waals surface area contributed by atoms with Crippen LogP contribution in [0.3, 0.4) is 0 Å². The van der Waals surface area contributed by atoms with Crippen LogP contribution in [-0.2, 0) is 0 Å². The molecule has 3 rings (SSSR count). The molecule has 3 aromatic carbocycles. The van der Waals surface area contributed by atoms with Crippen molar-refractivity contribution in [2.45, 2.75) is 20.0 Å². The van der Waals surface area contributed by atoms with Gasteiger partial charge in [0, 0.05) is 0 Å². The summed E-state index contributed by atoms with van der Waals surface area (Å²) in [4.78, 5) is 12.6. The molecule has 4 heteroatoms. The molecule has 0 N–H and O–H groups in total. The lowest BCUT2D eigenvalue weighted by molar-refractivity contribution is 0.0727. The third-order valence-corrected chi connectivity index (χ3v) is 4.33. The third kappa shape index (κ3) is 4.33. The Bertz CT molecular complexity index is 904. The van der Waals surface area contributed by atoms with Crippen LogP contribution in [0.2, 0.25) is 0 Å². The monoisotopic (exact) mass is 410 g/mol. The first kappa shape index (κ1) is 18.2. The lowest BCUT2D eigenvalue weighted by Gasteiger charge is -2.14. The van der Waals surface area contributed by atoms with Gasteiger partial charge in [0.15, 0.2) is 0 Å². The minimum absolute atomic E-state index is 0.0270. The van der Waals surface area contributed by atoms with Gasteiger partial charge in [-0.25, -0.2) is 4.79 Å². The van der Waals surface area contributed by atoms with Crippen LogP contribution in [0.15, 0.2) is 77.3 Å². The minimum atomic E-state index is -0.450. The summed E-state index contributed by atoms with van der Waals surface area (Å²) in [5, 5.41) is 0. The summed E-state index contributed by atoms with van der Waals surface area (Å²) in [5.41, 5.74) is 2.54. The fourth-order valence-electron chi connectivity index (χ4n) is 2.54. The molecular formula is C22H19BrO3. The van der Waals surface area contributed by atoms with E-state index in [1.54, 1.807) is 24.3 Å². The first-order valence-corrected chi connectivity index (χ1v) is 9.16. The second-order valence-electron chi connectivity index (χ2n) is 6.06.